The largest absolute Gasteiger partial charge is 0.454 e. The van der Waals surface area contributed by atoms with Crippen molar-refractivity contribution in [3.05, 3.63) is 29.6 Å². The minimum atomic E-state index is -4.96. The number of ketones is 1. The van der Waals surface area contributed by atoms with Crippen molar-refractivity contribution in [1.82, 2.24) is 0 Å². The summed E-state index contributed by atoms with van der Waals surface area (Å²) in [7, 11) is 2.86. The van der Waals surface area contributed by atoms with Gasteiger partial charge in [0.25, 0.3) is 5.78 Å². The van der Waals surface area contributed by atoms with Gasteiger partial charge in [-0.05, 0) is 18.2 Å². The van der Waals surface area contributed by atoms with Crippen LogP contribution >= 0.6 is 0 Å². The Morgan fingerprint density at radius 2 is 1.81 bits per heavy atom. The fourth-order valence-corrected chi connectivity index (χ4v) is 1.22. The van der Waals surface area contributed by atoms with Gasteiger partial charge < -0.3 is 4.90 Å². The number of benzene rings is 1. The minimum Gasteiger partial charge on any atom is -0.377 e. The summed E-state index contributed by atoms with van der Waals surface area (Å²) < 4.78 is 49.5. The summed E-state index contributed by atoms with van der Waals surface area (Å²) in [6, 6.07) is 2.55. The van der Waals surface area contributed by atoms with Crippen LogP contribution in [0.15, 0.2) is 18.2 Å². The summed E-state index contributed by atoms with van der Waals surface area (Å²) in [6.07, 6.45) is -4.96. The summed E-state index contributed by atoms with van der Waals surface area (Å²) in [5.41, 5.74) is -0.652. The first kappa shape index (κ1) is 12.5. The molecule has 0 heterocycles. The first-order valence-electron chi connectivity index (χ1n) is 4.32. The average molecular weight is 235 g/mol. The number of carbonyl (C=O) groups is 1. The van der Waals surface area contributed by atoms with Crippen LogP contribution in [0.1, 0.15) is 10.4 Å². The molecule has 16 heavy (non-hydrogen) atoms. The average Bonchev–Trinajstić information content (AvgIpc) is 2.15. The Kier molecular flexibility index (Phi) is 3.21. The van der Waals surface area contributed by atoms with Crippen molar-refractivity contribution >= 4 is 11.5 Å². The molecule has 0 amide bonds. The summed E-state index contributed by atoms with van der Waals surface area (Å²) in [4.78, 5) is 12.3. The third-order valence-corrected chi connectivity index (χ3v) is 1.94. The predicted molar refractivity (Wildman–Crippen MR) is 51.1 cm³/mol. The molecule has 0 spiro atoms. The molecule has 1 aromatic rings. The van der Waals surface area contributed by atoms with E-state index >= 15 is 0 Å². The van der Waals surface area contributed by atoms with Gasteiger partial charge in [-0.3, -0.25) is 4.79 Å². The molecule has 0 aliphatic carbocycles. The molecule has 0 saturated carbocycles. The van der Waals surface area contributed by atoms with Gasteiger partial charge in [-0.1, -0.05) is 0 Å². The maximum Gasteiger partial charge on any atom is 0.454 e. The van der Waals surface area contributed by atoms with Crippen LogP contribution < -0.4 is 4.90 Å². The Morgan fingerprint density at radius 1 is 1.25 bits per heavy atom. The van der Waals surface area contributed by atoms with E-state index in [4.69, 9.17) is 0 Å². The molecule has 0 radical (unpaired) electrons. The maximum atomic E-state index is 12.8. The highest BCUT2D eigenvalue weighted by Crippen LogP contribution is 2.28. The lowest BCUT2D eigenvalue weighted by molar-refractivity contribution is -0.0884. The van der Waals surface area contributed by atoms with Gasteiger partial charge in [0.2, 0.25) is 0 Å². The van der Waals surface area contributed by atoms with Gasteiger partial charge in [-0.15, -0.1) is 0 Å². The maximum absolute atomic E-state index is 12.8. The SMILES string of the molecule is CN(C)c1cc(F)ccc1C(=O)C(F)(F)F. The van der Waals surface area contributed by atoms with Gasteiger partial charge in [-0.2, -0.15) is 13.2 Å². The van der Waals surface area contributed by atoms with Gasteiger partial charge in [-0.25, -0.2) is 4.39 Å². The molecule has 0 N–H and O–H groups in total. The molecule has 6 heteroatoms. The number of carbonyl (C=O) groups excluding carboxylic acids is 1. The molecule has 88 valence electrons. The van der Waals surface area contributed by atoms with E-state index in [0.717, 1.165) is 18.2 Å². The molecule has 0 aliphatic rings. The summed E-state index contributed by atoms with van der Waals surface area (Å²) in [6.45, 7) is 0. The van der Waals surface area contributed by atoms with E-state index in [9.17, 15) is 22.4 Å². The van der Waals surface area contributed by atoms with Crippen LogP contribution in [0.25, 0.3) is 0 Å². The van der Waals surface area contributed by atoms with Crippen LogP contribution in [-0.4, -0.2) is 26.1 Å². The van der Waals surface area contributed by atoms with Gasteiger partial charge >= 0.3 is 6.18 Å². The van der Waals surface area contributed by atoms with Crippen LogP contribution in [-0.2, 0) is 0 Å². The van der Waals surface area contributed by atoms with Gasteiger partial charge in [0.15, 0.2) is 0 Å². The highest BCUT2D eigenvalue weighted by atomic mass is 19.4. The third-order valence-electron chi connectivity index (χ3n) is 1.94. The minimum absolute atomic E-state index is 0.0951. The number of hydrogen-bond acceptors (Lipinski definition) is 2. The number of Topliss-reactive ketones (excluding diaryl/α,β-unsaturated/α-hetero) is 1. The standard InChI is InChI=1S/C10H9F4NO/c1-15(2)8-5-6(11)3-4-7(8)9(16)10(12,13)14/h3-5H,1-2H3. The summed E-state index contributed by atoms with van der Waals surface area (Å²) in [5.74, 6) is -2.67. The second kappa shape index (κ2) is 4.11. The molecule has 0 fully saturated rings. The van der Waals surface area contributed by atoms with E-state index in [2.05, 4.69) is 0 Å². The lowest BCUT2D eigenvalue weighted by Gasteiger charge is -2.17. The number of rotatable bonds is 2. The molecule has 0 atom stereocenters. The zero-order valence-corrected chi connectivity index (χ0v) is 8.60. The first-order valence-corrected chi connectivity index (χ1v) is 4.32. The summed E-state index contributed by atoms with van der Waals surface area (Å²) >= 11 is 0. The van der Waals surface area contributed by atoms with Gasteiger partial charge in [0, 0.05) is 14.1 Å². The quantitative estimate of drug-likeness (QED) is 0.580. The zero-order chi connectivity index (χ0) is 12.5. The Balaban J connectivity index is 3.29. The van der Waals surface area contributed by atoms with Crippen LogP contribution in [0.3, 0.4) is 0 Å². The molecule has 0 aromatic heterocycles. The molecule has 0 saturated heterocycles. The lowest BCUT2D eigenvalue weighted by atomic mass is 10.1. The smallest absolute Gasteiger partial charge is 0.377 e. The first-order chi connectivity index (χ1) is 7.23. The van der Waals surface area contributed by atoms with Crippen LogP contribution in [0.2, 0.25) is 0 Å². The molecule has 1 aromatic carbocycles. The zero-order valence-electron chi connectivity index (χ0n) is 8.60. The Hall–Kier alpha value is -1.59. The second-order valence-electron chi connectivity index (χ2n) is 3.38. The molecule has 0 bridgehead atoms. The number of halogens is 4. The molecule has 2 nitrogen and oxygen atoms in total. The van der Waals surface area contributed by atoms with Crippen LogP contribution in [0.4, 0.5) is 23.2 Å². The fraction of sp³-hybridized carbons (Fsp3) is 0.300. The highest BCUT2D eigenvalue weighted by Gasteiger charge is 2.40. The third kappa shape index (κ3) is 2.50. The Labute approximate surface area is 89.5 Å². The number of anilines is 1. The Bertz CT molecular complexity index is 412. The van der Waals surface area contributed by atoms with Crippen molar-refractivity contribution in [1.29, 1.82) is 0 Å². The van der Waals surface area contributed by atoms with Crippen LogP contribution in [0, 0.1) is 5.82 Å². The van der Waals surface area contributed by atoms with E-state index in [1.165, 1.54) is 19.0 Å². The molecule has 0 unspecified atom stereocenters. The van der Waals surface area contributed by atoms with Gasteiger partial charge in [0.05, 0.1) is 11.3 Å². The monoisotopic (exact) mass is 235 g/mol. The molecule has 0 aliphatic heterocycles. The lowest BCUT2D eigenvalue weighted by Crippen LogP contribution is -2.25. The highest BCUT2D eigenvalue weighted by molar-refractivity contribution is 6.04. The van der Waals surface area contributed by atoms with Crippen molar-refractivity contribution in [2.75, 3.05) is 19.0 Å². The topological polar surface area (TPSA) is 20.3 Å². The van der Waals surface area contributed by atoms with E-state index in [1.54, 1.807) is 0 Å². The molecular formula is C10H9F4NO. The normalized spacial score (nSPS) is 11.4. The van der Waals surface area contributed by atoms with Crippen molar-refractivity contribution in [3.63, 3.8) is 0 Å². The number of nitrogens with zero attached hydrogens (tertiary/aromatic N) is 1. The summed E-state index contributed by atoms with van der Waals surface area (Å²) in [5, 5.41) is 0. The van der Waals surface area contributed by atoms with Crippen molar-refractivity contribution in [2.24, 2.45) is 0 Å². The van der Waals surface area contributed by atoms with Crippen molar-refractivity contribution in [2.45, 2.75) is 6.18 Å². The number of alkyl halides is 3. The van der Waals surface area contributed by atoms with E-state index in [0.29, 0.717) is 0 Å². The van der Waals surface area contributed by atoms with Crippen molar-refractivity contribution in [3.8, 4) is 0 Å². The van der Waals surface area contributed by atoms with E-state index in [1.807, 2.05) is 0 Å². The van der Waals surface area contributed by atoms with Crippen molar-refractivity contribution < 1.29 is 22.4 Å². The predicted octanol–water partition coefficient (Wildman–Crippen LogP) is 2.64. The fourth-order valence-electron chi connectivity index (χ4n) is 1.22. The van der Waals surface area contributed by atoms with Gasteiger partial charge in [0.1, 0.15) is 5.82 Å². The molecular weight excluding hydrogens is 226 g/mol. The van der Waals surface area contributed by atoms with E-state index in [-0.39, 0.29) is 5.69 Å². The Morgan fingerprint density at radius 3 is 2.25 bits per heavy atom. The number of hydrogen-bond donors (Lipinski definition) is 0. The molecule has 1 rings (SSSR count). The second-order valence-corrected chi connectivity index (χ2v) is 3.38. The van der Waals surface area contributed by atoms with Crippen LogP contribution in [0.5, 0.6) is 0 Å². The van der Waals surface area contributed by atoms with E-state index < -0.39 is 23.3 Å².